The third-order valence-electron chi connectivity index (χ3n) is 2.35. The Morgan fingerprint density at radius 2 is 2.16 bits per heavy atom. The zero-order valence-corrected chi connectivity index (χ0v) is 11.4. The van der Waals surface area contributed by atoms with Crippen LogP contribution in [-0.2, 0) is 9.53 Å². The van der Waals surface area contributed by atoms with Gasteiger partial charge in [0.15, 0.2) is 0 Å². The van der Waals surface area contributed by atoms with Crippen LogP contribution in [-0.4, -0.2) is 30.1 Å². The van der Waals surface area contributed by atoms with Crippen molar-refractivity contribution in [2.45, 2.75) is 19.8 Å². The van der Waals surface area contributed by atoms with Gasteiger partial charge >= 0.3 is 5.97 Å². The molecule has 0 fully saturated rings. The molecule has 0 aromatic heterocycles. The number of aromatic hydroxyl groups is 1. The summed E-state index contributed by atoms with van der Waals surface area (Å²) in [6.07, 6.45) is 0.724. The van der Waals surface area contributed by atoms with Gasteiger partial charge in [-0.2, -0.15) is 0 Å². The molecule has 1 rings (SSSR count). The summed E-state index contributed by atoms with van der Waals surface area (Å²) in [5.74, 6) is -0.849. The van der Waals surface area contributed by atoms with Crippen LogP contribution < -0.4 is 5.32 Å². The first-order valence-electron chi connectivity index (χ1n) is 5.97. The number of esters is 1. The van der Waals surface area contributed by atoms with Crippen LogP contribution >= 0.6 is 11.6 Å². The minimum Gasteiger partial charge on any atom is -0.507 e. The second kappa shape index (κ2) is 7.63. The largest absolute Gasteiger partial charge is 0.507 e. The van der Waals surface area contributed by atoms with Gasteiger partial charge in [-0.3, -0.25) is 9.59 Å². The summed E-state index contributed by atoms with van der Waals surface area (Å²) < 4.78 is 4.76. The van der Waals surface area contributed by atoms with Crippen LogP contribution in [0.5, 0.6) is 5.75 Å². The Balaban J connectivity index is 2.39. The SMILES string of the molecule is CCOC(=O)CCCNC(=O)c1cc(Cl)ccc1O. The minimum atomic E-state index is -0.427. The lowest BCUT2D eigenvalue weighted by Crippen LogP contribution is -2.25. The zero-order valence-electron chi connectivity index (χ0n) is 10.6. The predicted molar refractivity (Wildman–Crippen MR) is 71.3 cm³/mol. The molecule has 0 unspecified atom stereocenters. The molecule has 19 heavy (non-hydrogen) atoms. The molecule has 0 aliphatic rings. The number of halogens is 1. The Labute approximate surface area is 116 Å². The fraction of sp³-hybridized carbons (Fsp3) is 0.385. The maximum atomic E-state index is 11.7. The van der Waals surface area contributed by atoms with Gasteiger partial charge in [0.25, 0.3) is 5.91 Å². The van der Waals surface area contributed by atoms with E-state index in [1.54, 1.807) is 6.92 Å². The van der Waals surface area contributed by atoms with Gasteiger partial charge in [0, 0.05) is 18.0 Å². The van der Waals surface area contributed by atoms with E-state index in [0.717, 1.165) is 0 Å². The number of rotatable bonds is 6. The maximum Gasteiger partial charge on any atom is 0.305 e. The molecule has 104 valence electrons. The summed E-state index contributed by atoms with van der Waals surface area (Å²) in [5.41, 5.74) is 0.114. The molecule has 6 heteroatoms. The molecular formula is C13H16ClNO4. The average Bonchev–Trinajstić information content (AvgIpc) is 2.37. The molecule has 5 nitrogen and oxygen atoms in total. The number of benzene rings is 1. The number of nitrogens with one attached hydrogen (secondary N) is 1. The fourth-order valence-electron chi connectivity index (χ4n) is 1.45. The van der Waals surface area contributed by atoms with E-state index in [9.17, 15) is 14.7 Å². The molecule has 2 N–H and O–H groups in total. The number of carbonyl (C=O) groups is 2. The number of carbonyl (C=O) groups excluding carboxylic acids is 2. The first-order valence-corrected chi connectivity index (χ1v) is 6.34. The number of hydrogen-bond donors (Lipinski definition) is 2. The molecule has 0 atom stereocenters. The highest BCUT2D eigenvalue weighted by Crippen LogP contribution is 2.21. The van der Waals surface area contributed by atoms with Gasteiger partial charge in [-0.1, -0.05) is 11.6 Å². The number of ether oxygens (including phenoxy) is 1. The Morgan fingerprint density at radius 3 is 2.84 bits per heavy atom. The first-order chi connectivity index (χ1) is 9.04. The van der Waals surface area contributed by atoms with Crippen molar-refractivity contribution >= 4 is 23.5 Å². The molecule has 1 amide bonds. The molecule has 0 aliphatic carbocycles. The lowest BCUT2D eigenvalue weighted by Gasteiger charge is -2.07. The van der Waals surface area contributed by atoms with Crippen molar-refractivity contribution < 1.29 is 19.4 Å². The van der Waals surface area contributed by atoms with Crippen LogP contribution in [0.4, 0.5) is 0 Å². The van der Waals surface area contributed by atoms with Crippen LogP contribution in [0.25, 0.3) is 0 Å². The molecule has 0 spiro atoms. The Hall–Kier alpha value is -1.75. The zero-order chi connectivity index (χ0) is 14.3. The first kappa shape index (κ1) is 15.3. The predicted octanol–water partition coefficient (Wildman–Crippen LogP) is 2.12. The van der Waals surface area contributed by atoms with Crippen molar-refractivity contribution in [1.29, 1.82) is 0 Å². The van der Waals surface area contributed by atoms with E-state index in [1.165, 1.54) is 18.2 Å². The molecule has 0 saturated heterocycles. The van der Waals surface area contributed by atoms with E-state index in [-0.39, 0.29) is 23.7 Å². The topological polar surface area (TPSA) is 75.6 Å². The van der Waals surface area contributed by atoms with Gasteiger partial charge < -0.3 is 15.2 Å². The third-order valence-corrected chi connectivity index (χ3v) is 2.59. The van der Waals surface area contributed by atoms with Crippen molar-refractivity contribution in [1.82, 2.24) is 5.32 Å². The lowest BCUT2D eigenvalue weighted by molar-refractivity contribution is -0.143. The van der Waals surface area contributed by atoms with E-state index >= 15 is 0 Å². The van der Waals surface area contributed by atoms with Crippen molar-refractivity contribution in [3.05, 3.63) is 28.8 Å². The van der Waals surface area contributed by atoms with Gasteiger partial charge in [0.2, 0.25) is 0 Å². The Bertz CT molecular complexity index is 462. The van der Waals surface area contributed by atoms with Crippen LogP contribution in [0.1, 0.15) is 30.1 Å². The number of phenolic OH excluding ortho intramolecular Hbond substituents is 1. The molecule has 0 heterocycles. The fourth-order valence-corrected chi connectivity index (χ4v) is 1.63. The lowest BCUT2D eigenvalue weighted by atomic mass is 10.2. The van der Waals surface area contributed by atoms with E-state index in [1.807, 2.05) is 0 Å². The maximum absolute atomic E-state index is 11.7. The average molecular weight is 286 g/mol. The minimum absolute atomic E-state index is 0.114. The third kappa shape index (κ3) is 5.18. The van der Waals surface area contributed by atoms with E-state index in [4.69, 9.17) is 16.3 Å². The van der Waals surface area contributed by atoms with Gasteiger partial charge in [0.1, 0.15) is 5.75 Å². The normalized spacial score (nSPS) is 10.0. The van der Waals surface area contributed by atoms with Gasteiger partial charge in [-0.05, 0) is 31.5 Å². The summed E-state index contributed by atoms with van der Waals surface area (Å²) in [6.45, 7) is 2.41. The molecular weight excluding hydrogens is 270 g/mol. The highest BCUT2D eigenvalue weighted by Gasteiger charge is 2.11. The van der Waals surface area contributed by atoms with Crippen LogP contribution in [0.3, 0.4) is 0 Å². The molecule has 0 bridgehead atoms. The highest BCUT2D eigenvalue weighted by molar-refractivity contribution is 6.31. The smallest absolute Gasteiger partial charge is 0.305 e. The van der Waals surface area contributed by atoms with Crippen LogP contribution in [0.2, 0.25) is 5.02 Å². The van der Waals surface area contributed by atoms with E-state index < -0.39 is 5.91 Å². The second-order valence-corrected chi connectivity index (χ2v) is 4.26. The molecule has 1 aromatic carbocycles. The van der Waals surface area contributed by atoms with Crippen molar-refractivity contribution in [3.63, 3.8) is 0 Å². The van der Waals surface area contributed by atoms with Gasteiger partial charge in [-0.15, -0.1) is 0 Å². The Kier molecular flexibility index (Phi) is 6.15. The molecule has 1 aromatic rings. The van der Waals surface area contributed by atoms with E-state index in [0.29, 0.717) is 24.6 Å². The summed E-state index contributed by atoms with van der Waals surface area (Å²) >= 11 is 5.75. The number of hydrogen-bond acceptors (Lipinski definition) is 4. The van der Waals surface area contributed by atoms with Crippen molar-refractivity contribution in [2.24, 2.45) is 0 Å². The number of amides is 1. The number of phenols is 1. The van der Waals surface area contributed by atoms with Crippen molar-refractivity contribution in [2.75, 3.05) is 13.2 Å². The van der Waals surface area contributed by atoms with Crippen LogP contribution in [0.15, 0.2) is 18.2 Å². The summed E-state index contributed by atoms with van der Waals surface area (Å²) in [7, 11) is 0. The monoisotopic (exact) mass is 285 g/mol. The van der Waals surface area contributed by atoms with Crippen molar-refractivity contribution in [3.8, 4) is 5.75 Å². The standard InChI is InChI=1S/C13H16ClNO4/c1-2-19-12(17)4-3-7-15-13(18)10-8-9(14)5-6-11(10)16/h5-6,8,16H,2-4,7H2,1H3,(H,15,18). The quantitative estimate of drug-likeness (QED) is 0.620. The summed E-state index contributed by atoms with van der Waals surface area (Å²) in [4.78, 5) is 22.8. The second-order valence-electron chi connectivity index (χ2n) is 3.83. The van der Waals surface area contributed by atoms with Gasteiger partial charge in [-0.25, -0.2) is 0 Å². The summed E-state index contributed by atoms with van der Waals surface area (Å²) in [5, 5.41) is 12.5. The molecule has 0 saturated carbocycles. The molecule has 0 radical (unpaired) electrons. The summed E-state index contributed by atoms with van der Waals surface area (Å²) in [6, 6.07) is 4.24. The molecule has 0 aliphatic heterocycles. The Morgan fingerprint density at radius 1 is 1.42 bits per heavy atom. The van der Waals surface area contributed by atoms with E-state index in [2.05, 4.69) is 5.32 Å². The van der Waals surface area contributed by atoms with Crippen LogP contribution in [0, 0.1) is 0 Å². The highest BCUT2D eigenvalue weighted by atomic mass is 35.5. The van der Waals surface area contributed by atoms with Gasteiger partial charge in [0.05, 0.1) is 12.2 Å².